The van der Waals surface area contributed by atoms with Crippen molar-refractivity contribution >= 4 is 0 Å². The Morgan fingerprint density at radius 1 is 1.73 bits per heavy atom. The first-order valence-corrected chi connectivity index (χ1v) is 7.54. The summed E-state index contributed by atoms with van der Waals surface area (Å²) in [6.07, 6.45) is 8.93. The van der Waals surface area contributed by atoms with Crippen molar-refractivity contribution in [1.29, 1.82) is 0 Å². The van der Waals surface area contributed by atoms with E-state index in [0.717, 1.165) is 6.42 Å². The fraction of sp³-hybridized carbons (Fsp3) is 0.400. The van der Waals surface area contributed by atoms with Crippen LogP contribution in [0.25, 0.3) is 0 Å². The Labute approximate surface area is 77.6 Å². The minimum absolute atomic E-state index is 0.132. The second kappa shape index (κ2) is 4.72. The molecule has 0 aliphatic heterocycles. The molecule has 0 saturated carbocycles. The second-order valence-electron chi connectivity index (χ2n) is 2.48. The Morgan fingerprint density at radius 2 is 2.55 bits per heavy atom. The van der Waals surface area contributed by atoms with Gasteiger partial charge in [0.25, 0.3) is 0 Å². The van der Waals surface area contributed by atoms with Gasteiger partial charge in [0.05, 0.1) is 0 Å². The molecule has 1 rings (SSSR count). The van der Waals surface area contributed by atoms with Crippen LogP contribution in [0.5, 0.6) is 0 Å². The molecule has 0 atom stereocenters. The predicted octanol–water partition coefficient (Wildman–Crippen LogP) is 3.30. The Balaban J connectivity index is 2.58. The van der Waals surface area contributed by atoms with Crippen LogP contribution < -0.4 is 0 Å². The molecule has 0 bridgehead atoms. The second-order valence-corrected chi connectivity index (χ2v) is 7.36. The summed E-state index contributed by atoms with van der Waals surface area (Å²) in [5.74, 6) is 0. The van der Waals surface area contributed by atoms with Crippen molar-refractivity contribution in [2.45, 2.75) is 24.6 Å². The molecule has 0 amide bonds. The van der Waals surface area contributed by atoms with Crippen molar-refractivity contribution < 1.29 is 18.6 Å². The molecule has 0 radical (unpaired) electrons. The van der Waals surface area contributed by atoms with Crippen LogP contribution in [0.4, 0.5) is 0 Å². The zero-order chi connectivity index (χ0) is 8.10. The van der Waals surface area contributed by atoms with Gasteiger partial charge in [-0.1, -0.05) is 0 Å². The van der Waals surface area contributed by atoms with Gasteiger partial charge in [0, 0.05) is 0 Å². The zero-order valence-electron chi connectivity index (χ0n) is 6.97. The van der Waals surface area contributed by atoms with E-state index in [1.54, 1.807) is 9.54 Å². The van der Waals surface area contributed by atoms with Crippen molar-refractivity contribution in [3.63, 3.8) is 0 Å². The first-order chi connectivity index (χ1) is 5.38. The average Bonchev–Trinajstić information content (AvgIpc) is 2.39. The molecular weight excluding hydrogens is 304 g/mol. The van der Waals surface area contributed by atoms with Crippen LogP contribution in [0.1, 0.15) is 19.8 Å². The molecule has 0 aromatic rings. The SMILES string of the molecule is C=CCC1=[C]([W][CH2]C)CC=C1. The molecule has 0 aromatic carbocycles. The Hall–Kier alpha value is -0.0917. The number of rotatable bonds is 4. The summed E-state index contributed by atoms with van der Waals surface area (Å²) in [5.41, 5.74) is 1.58. The van der Waals surface area contributed by atoms with Gasteiger partial charge >= 0.3 is 77.5 Å². The van der Waals surface area contributed by atoms with Gasteiger partial charge in [-0.2, -0.15) is 0 Å². The third kappa shape index (κ3) is 2.45. The van der Waals surface area contributed by atoms with Gasteiger partial charge in [0.2, 0.25) is 0 Å². The molecule has 11 heavy (non-hydrogen) atoms. The van der Waals surface area contributed by atoms with Gasteiger partial charge in [0.1, 0.15) is 0 Å². The van der Waals surface area contributed by atoms with E-state index < -0.39 is 0 Å². The molecule has 0 unspecified atom stereocenters. The first kappa shape index (κ1) is 9.00. The van der Waals surface area contributed by atoms with Gasteiger partial charge < -0.3 is 0 Å². The molecule has 0 aromatic heterocycles. The van der Waals surface area contributed by atoms with Crippen LogP contribution in [0.15, 0.2) is 34.3 Å². The van der Waals surface area contributed by atoms with E-state index in [-0.39, 0.29) is 18.6 Å². The zero-order valence-corrected chi connectivity index (χ0v) is 9.90. The van der Waals surface area contributed by atoms with Crippen molar-refractivity contribution in [3.05, 3.63) is 34.3 Å². The molecular formula is C10H14W. The molecule has 1 heteroatoms. The van der Waals surface area contributed by atoms with Gasteiger partial charge in [0.15, 0.2) is 0 Å². The van der Waals surface area contributed by atoms with Gasteiger partial charge in [-0.05, 0) is 0 Å². The van der Waals surface area contributed by atoms with Crippen LogP contribution >= 0.6 is 0 Å². The normalized spacial score (nSPS) is 16.1. The Morgan fingerprint density at radius 3 is 3.18 bits per heavy atom. The van der Waals surface area contributed by atoms with Crippen LogP contribution in [0.3, 0.4) is 0 Å². The summed E-state index contributed by atoms with van der Waals surface area (Å²) < 4.78 is 1.78. The third-order valence-electron chi connectivity index (χ3n) is 1.66. The maximum absolute atomic E-state index is 3.77. The van der Waals surface area contributed by atoms with Crippen molar-refractivity contribution in [3.8, 4) is 0 Å². The third-order valence-corrected chi connectivity index (χ3v) is 5.49. The number of hydrogen-bond acceptors (Lipinski definition) is 0. The van der Waals surface area contributed by atoms with E-state index in [2.05, 4.69) is 25.7 Å². The first-order valence-electron chi connectivity index (χ1n) is 4.00. The molecule has 0 heterocycles. The van der Waals surface area contributed by atoms with E-state index in [1.165, 1.54) is 11.2 Å². The quantitative estimate of drug-likeness (QED) is 0.698. The summed E-state index contributed by atoms with van der Waals surface area (Å²) in [7, 11) is 0. The van der Waals surface area contributed by atoms with Gasteiger partial charge in [-0.15, -0.1) is 0 Å². The fourth-order valence-corrected chi connectivity index (χ4v) is 4.43. The minimum atomic E-state index is -0.132. The Bertz CT molecular complexity index is 199. The van der Waals surface area contributed by atoms with Crippen molar-refractivity contribution in [2.24, 2.45) is 0 Å². The predicted molar refractivity (Wildman–Crippen MR) is 46.1 cm³/mol. The van der Waals surface area contributed by atoms with Crippen molar-refractivity contribution in [2.75, 3.05) is 0 Å². The molecule has 0 nitrogen and oxygen atoms in total. The standard InChI is InChI=1S/C8H9.C2H5.W/c1-2-5-8-6-3-4-7-8;1-2;/h2-3,6H,1,4-5H2;1H2,2H3;. The molecule has 0 spiro atoms. The van der Waals surface area contributed by atoms with E-state index in [9.17, 15) is 0 Å². The summed E-state index contributed by atoms with van der Waals surface area (Å²) in [4.78, 5) is 1.43. The van der Waals surface area contributed by atoms with Crippen LogP contribution in [0, 0.1) is 0 Å². The molecule has 1 aliphatic rings. The maximum atomic E-state index is 3.77. The van der Waals surface area contributed by atoms with Gasteiger partial charge in [-0.3, -0.25) is 0 Å². The van der Waals surface area contributed by atoms with Crippen molar-refractivity contribution in [1.82, 2.24) is 0 Å². The molecule has 0 fully saturated rings. The van der Waals surface area contributed by atoms with E-state index in [0.29, 0.717) is 0 Å². The summed E-state index contributed by atoms with van der Waals surface area (Å²) in [6, 6.07) is 0. The molecule has 1 aliphatic carbocycles. The summed E-state index contributed by atoms with van der Waals surface area (Å²) >= 11 is -0.132. The van der Waals surface area contributed by atoms with E-state index in [1.807, 2.05) is 6.08 Å². The summed E-state index contributed by atoms with van der Waals surface area (Å²) in [5, 5.41) is 0. The number of hydrogen-bond donors (Lipinski definition) is 0. The molecule has 0 saturated heterocycles. The van der Waals surface area contributed by atoms with Crippen LogP contribution in [-0.4, -0.2) is 0 Å². The van der Waals surface area contributed by atoms with E-state index >= 15 is 0 Å². The fourth-order valence-electron chi connectivity index (χ4n) is 1.20. The average molecular weight is 318 g/mol. The van der Waals surface area contributed by atoms with Gasteiger partial charge in [-0.25, -0.2) is 0 Å². The molecule has 60 valence electrons. The topological polar surface area (TPSA) is 0 Å². The number of allylic oxidation sites excluding steroid dienone is 5. The van der Waals surface area contributed by atoms with E-state index in [4.69, 9.17) is 0 Å². The summed E-state index contributed by atoms with van der Waals surface area (Å²) in [6.45, 7) is 6.08. The monoisotopic (exact) mass is 318 g/mol. The van der Waals surface area contributed by atoms with Crippen LogP contribution in [-0.2, 0) is 18.6 Å². The molecule has 0 N–H and O–H groups in total. The Kier molecular flexibility index (Phi) is 3.86. The van der Waals surface area contributed by atoms with Crippen LogP contribution in [0.2, 0.25) is 4.81 Å².